The summed E-state index contributed by atoms with van der Waals surface area (Å²) in [4.78, 5) is 42.0. The number of rotatable bonds is 7. The third kappa shape index (κ3) is 3.85. The highest BCUT2D eigenvalue weighted by Crippen LogP contribution is 2.60. The van der Waals surface area contributed by atoms with Gasteiger partial charge in [-0.15, -0.1) is 0 Å². The third-order valence-corrected chi connectivity index (χ3v) is 8.50. The topological polar surface area (TPSA) is 108 Å². The van der Waals surface area contributed by atoms with Crippen molar-refractivity contribution >= 4 is 50.9 Å². The lowest BCUT2D eigenvalue weighted by atomic mass is 9.70. The molecule has 3 N–H and O–H groups in total. The minimum atomic E-state index is -1.18. The number of amides is 3. The van der Waals surface area contributed by atoms with Crippen LogP contribution >= 0.6 is 27.5 Å². The molecule has 3 unspecified atom stereocenters. The molecule has 2 bridgehead atoms. The molecule has 0 aliphatic carbocycles. The van der Waals surface area contributed by atoms with Crippen LogP contribution in [0.1, 0.15) is 32.3 Å². The number of likely N-dealkylation sites (tertiary alicyclic amines) is 1. The second-order valence-electron chi connectivity index (χ2n) is 9.91. The normalized spacial score (nSPS) is 32.8. The van der Waals surface area contributed by atoms with Gasteiger partial charge in [-0.3, -0.25) is 14.4 Å². The molecule has 3 aliphatic heterocycles. The number of aliphatic hydroxyl groups excluding tert-OH is 1. The highest BCUT2D eigenvalue weighted by atomic mass is 79.9. The predicted molar refractivity (Wildman–Crippen MR) is 132 cm³/mol. The number of carbonyl (C=O) groups excluding carboxylic acids is 3. The summed E-state index contributed by atoms with van der Waals surface area (Å²) in [6.45, 7) is 5.53. The van der Waals surface area contributed by atoms with Crippen molar-refractivity contribution in [1.82, 2.24) is 10.2 Å². The molecule has 4 rings (SSSR count). The lowest BCUT2D eigenvalue weighted by molar-refractivity contribution is -0.144. The van der Waals surface area contributed by atoms with Gasteiger partial charge in [0.05, 0.1) is 41.3 Å². The van der Waals surface area contributed by atoms with Crippen LogP contribution in [0.4, 0.5) is 5.69 Å². The molecule has 3 heterocycles. The third-order valence-electron chi connectivity index (χ3n) is 7.34. The fourth-order valence-corrected chi connectivity index (χ4v) is 7.24. The zero-order valence-electron chi connectivity index (χ0n) is 19.7. The first-order chi connectivity index (χ1) is 16.1. The Morgan fingerprint density at radius 3 is 2.65 bits per heavy atom. The molecule has 0 saturated carbocycles. The molecular weight excluding hydrogens is 526 g/mol. The Labute approximate surface area is 212 Å². The summed E-state index contributed by atoms with van der Waals surface area (Å²) in [6, 6.07) is 3.71. The van der Waals surface area contributed by atoms with Crippen LogP contribution in [-0.4, -0.2) is 70.0 Å². The minimum absolute atomic E-state index is 0.174. The lowest BCUT2D eigenvalue weighted by Crippen LogP contribution is -2.57. The zero-order valence-corrected chi connectivity index (χ0v) is 22.0. The predicted octanol–water partition coefficient (Wildman–Crippen LogP) is 2.49. The molecule has 34 heavy (non-hydrogen) atoms. The Morgan fingerprint density at radius 2 is 2.06 bits per heavy atom. The summed E-state index contributed by atoms with van der Waals surface area (Å²) in [5.74, 6) is -2.42. The van der Waals surface area contributed by atoms with E-state index in [0.29, 0.717) is 23.6 Å². The van der Waals surface area contributed by atoms with Crippen LogP contribution in [0.2, 0.25) is 5.02 Å². The van der Waals surface area contributed by atoms with Crippen molar-refractivity contribution in [2.45, 2.75) is 62.2 Å². The molecule has 186 valence electrons. The van der Waals surface area contributed by atoms with Gasteiger partial charge in [-0.25, -0.2) is 0 Å². The number of aliphatic hydroxyl groups is 1. The van der Waals surface area contributed by atoms with Crippen molar-refractivity contribution in [3.8, 4) is 0 Å². The average molecular weight is 557 g/mol. The van der Waals surface area contributed by atoms with Crippen LogP contribution in [0.25, 0.3) is 0 Å². The van der Waals surface area contributed by atoms with E-state index in [1.807, 2.05) is 26.8 Å². The average Bonchev–Trinajstić information content (AvgIpc) is 3.37. The van der Waals surface area contributed by atoms with Gasteiger partial charge in [-0.05, 0) is 37.3 Å². The van der Waals surface area contributed by atoms with E-state index in [0.717, 1.165) is 5.56 Å². The zero-order chi connectivity index (χ0) is 24.9. The molecule has 3 amide bonds. The molecule has 3 fully saturated rings. The second kappa shape index (κ2) is 9.41. The maximum atomic E-state index is 13.9. The van der Waals surface area contributed by atoms with E-state index in [2.05, 4.69) is 26.6 Å². The fourth-order valence-electron chi connectivity index (χ4n) is 6.03. The summed E-state index contributed by atoms with van der Waals surface area (Å²) in [5.41, 5.74) is 0.0676. The molecular formula is C24H31BrClN3O5. The first-order valence-electron chi connectivity index (χ1n) is 11.6. The number of anilines is 1. The maximum absolute atomic E-state index is 13.9. The number of carbonyl (C=O) groups is 3. The number of hydrogen-bond donors (Lipinski definition) is 3. The standard InChI is InChI=1S/C24H31BrClN3O5/c1-11(2)8-13(10-30)29-20(22(32)28-18-12(3)6-5-7-15(18)26)24-9-14(25)19(34-24)16(21(31)27-4)17(24)23(29)33/h5-7,11,13-14,16-17,19-20,30H,8-10H2,1-4H3,(H,27,31)(H,28,32)/t13-,14?,16-,17+,19-,20?,24?/m1/s1. The van der Waals surface area contributed by atoms with Crippen molar-refractivity contribution < 1.29 is 24.2 Å². The van der Waals surface area contributed by atoms with Gasteiger partial charge in [-0.2, -0.15) is 0 Å². The smallest absolute Gasteiger partial charge is 0.250 e. The Morgan fingerprint density at radius 1 is 1.35 bits per heavy atom. The number of benzene rings is 1. The molecule has 1 spiro atoms. The Balaban J connectivity index is 1.81. The summed E-state index contributed by atoms with van der Waals surface area (Å²) < 4.78 is 6.42. The van der Waals surface area contributed by atoms with E-state index in [9.17, 15) is 19.5 Å². The van der Waals surface area contributed by atoms with Gasteiger partial charge in [0.25, 0.3) is 0 Å². The van der Waals surface area contributed by atoms with E-state index in [1.54, 1.807) is 12.1 Å². The monoisotopic (exact) mass is 555 g/mol. The van der Waals surface area contributed by atoms with Crippen LogP contribution < -0.4 is 10.6 Å². The molecule has 3 aliphatic rings. The number of halogens is 2. The summed E-state index contributed by atoms with van der Waals surface area (Å²) in [6.07, 6.45) is 0.384. The van der Waals surface area contributed by atoms with Gasteiger partial charge in [0.2, 0.25) is 17.7 Å². The number of aryl methyl sites for hydroxylation is 1. The fraction of sp³-hybridized carbons (Fsp3) is 0.625. The molecule has 7 atom stereocenters. The van der Waals surface area contributed by atoms with Crippen molar-refractivity contribution in [2.24, 2.45) is 17.8 Å². The number of ether oxygens (including phenoxy) is 1. The molecule has 1 aromatic carbocycles. The molecule has 0 radical (unpaired) electrons. The van der Waals surface area contributed by atoms with E-state index in [1.165, 1.54) is 11.9 Å². The van der Waals surface area contributed by atoms with Crippen LogP contribution in [-0.2, 0) is 19.1 Å². The number of alkyl halides is 1. The number of fused-ring (bicyclic) bond motifs is 1. The van der Waals surface area contributed by atoms with Crippen molar-refractivity contribution in [2.75, 3.05) is 19.0 Å². The van der Waals surface area contributed by atoms with Gasteiger partial charge in [0, 0.05) is 11.9 Å². The lowest BCUT2D eigenvalue weighted by Gasteiger charge is -2.37. The second-order valence-corrected chi connectivity index (χ2v) is 11.5. The van der Waals surface area contributed by atoms with Crippen molar-refractivity contribution in [3.63, 3.8) is 0 Å². The Bertz CT molecular complexity index is 987. The Hall–Kier alpha value is -1.68. The first-order valence-corrected chi connectivity index (χ1v) is 12.9. The van der Waals surface area contributed by atoms with E-state index in [4.69, 9.17) is 16.3 Å². The summed E-state index contributed by atoms with van der Waals surface area (Å²) >= 11 is 10.0. The molecule has 1 aromatic rings. The van der Waals surface area contributed by atoms with Crippen LogP contribution in [0.15, 0.2) is 18.2 Å². The van der Waals surface area contributed by atoms with Gasteiger partial charge in [0.15, 0.2) is 0 Å². The van der Waals surface area contributed by atoms with Gasteiger partial charge in [-0.1, -0.05) is 53.5 Å². The first kappa shape index (κ1) is 25.4. The number of para-hydroxylation sites is 1. The quantitative estimate of drug-likeness (QED) is 0.447. The van der Waals surface area contributed by atoms with Crippen molar-refractivity contribution in [1.29, 1.82) is 0 Å². The Kier molecular flexibility index (Phi) is 7.03. The molecule has 8 nitrogen and oxygen atoms in total. The highest BCUT2D eigenvalue weighted by molar-refractivity contribution is 9.09. The molecule has 0 aromatic heterocycles. The highest BCUT2D eigenvalue weighted by Gasteiger charge is 2.77. The van der Waals surface area contributed by atoms with Gasteiger partial charge in [0.1, 0.15) is 11.6 Å². The van der Waals surface area contributed by atoms with E-state index in [-0.39, 0.29) is 29.2 Å². The van der Waals surface area contributed by atoms with Gasteiger partial charge >= 0.3 is 0 Å². The van der Waals surface area contributed by atoms with Crippen molar-refractivity contribution in [3.05, 3.63) is 28.8 Å². The van der Waals surface area contributed by atoms with Crippen LogP contribution in [0.3, 0.4) is 0 Å². The minimum Gasteiger partial charge on any atom is -0.394 e. The van der Waals surface area contributed by atoms with E-state index >= 15 is 0 Å². The summed E-state index contributed by atoms with van der Waals surface area (Å²) in [7, 11) is 1.53. The number of nitrogens with zero attached hydrogens (tertiary/aromatic N) is 1. The van der Waals surface area contributed by atoms with E-state index < -0.39 is 41.5 Å². The molecule has 3 saturated heterocycles. The SMILES string of the molecule is CNC(=O)[C@H]1[C@@H]2OC3(CC2Br)C(C(=O)Nc2c(C)cccc2Cl)N([C@@H](CO)CC(C)C)C(=O)[C@H]13. The number of hydrogen-bond acceptors (Lipinski definition) is 5. The number of nitrogens with one attached hydrogen (secondary N) is 2. The molecule has 10 heteroatoms. The van der Waals surface area contributed by atoms with Gasteiger partial charge < -0.3 is 25.4 Å². The largest absolute Gasteiger partial charge is 0.394 e. The summed E-state index contributed by atoms with van der Waals surface area (Å²) in [5, 5.41) is 16.2. The maximum Gasteiger partial charge on any atom is 0.250 e. The van der Waals surface area contributed by atoms with Crippen LogP contribution in [0.5, 0.6) is 0 Å². The van der Waals surface area contributed by atoms with Crippen LogP contribution in [0, 0.1) is 24.7 Å².